The highest BCUT2D eigenvalue weighted by Crippen LogP contribution is 2.25. The molecule has 0 atom stereocenters. The molecule has 21 heavy (non-hydrogen) atoms. The van der Waals surface area contributed by atoms with Gasteiger partial charge >= 0.3 is 6.18 Å². The average molecular weight is 307 g/mol. The van der Waals surface area contributed by atoms with E-state index in [0.29, 0.717) is 18.1 Å². The first-order valence-corrected chi connectivity index (χ1v) is 6.69. The standard InChI is InChI=1S/C14H20F3NO3/c1-2-5-20-12-4-3-11(9-18)13(8-12)21-7-6-19-10-14(15,16)17/h3-4,8H,2,5-7,9-10,18H2,1H3. The number of alkyl halides is 3. The highest BCUT2D eigenvalue weighted by atomic mass is 19.4. The van der Waals surface area contributed by atoms with Gasteiger partial charge in [-0.25, -0.2) is 0 Å². The van der Waals surface area contributed by atoms with Crippen molar-refractivity contribution in [3.63, 3.8) is 0 Å². The summed E-state index contributed by atoms with van der Waals surface area (Å²) < 4.78 is 51.0. The van der Waals surface area contributed by atoms with Crippen LogP contribution in [0.4, 0.5) is 13.2 Å². The number of nitrogens with two attached hydrogens (primary N) is 1. The Balaban J connectivity index is 2.48. The summed E-state index contributed by atoms with van der Waals surface area (Å²) >= 11 is 0. The molecule has 0 heterocycles. The molecule has 1 rings (SSSR count). The third-order valence-electron chi connectivity index (χ3n) is 2.48. The maximum Gasteiger partial charge on any atom is 0.411 e. The van der Waals surface area contributed by atoms with Crippen LogP contribution in [0.1, 0.15) is 18.9 Å². The fourth-order valence-electron chi connectivity index (χ4n) is 1.55. The molecule has 2 N–H and O–H groups in total. The summed E-state index contributed by atoms with van der Waals surface area (Å²) in [7, 11) is 0. The van der Waals surface area contributed by atoms with Gasteiger partial charge in [-0.3, -0.25) is 0 Å². The summed E-state index contributed by atoms with van der Waals surface area (Å²) in [6.07, 6.45) is -3.45. The van der Waals surface area contributed by atoms with E-state index in [1.807, 2.05) is 6.92 Å². The Hall–Kier alpha value is -1.47. The van der Waals surface area contributed by atoms with Gasteiger partial charge in [0.1, 0.15) is 24.7 Å². The maximum absolute atomic E-state index is 11.9. The van der Waals surface area contributed by atoms with Crippen molar-refractivity contribution in [1.82, 2.24) is 0 Å². The molecule has 0 spiro atoms. The smallest absolute Gasteiger partial charge is 0.411 e. The SMILES string of the molecule is CCCOc1ccc(CN)c(OCCOCC(F)(F)F)c1. The number of hydrogen-bond acceptors (Lipinski definition) is 4. The third kappa shape index (κ3) is 7.19. The molecular formula is C14H20F3NO3. The van der Waals surface area contributed by atoms with Crippen molar-refractivity contribution in [3.05, 3.63) is 23.8 Å². The Morgan fingerprint density at radius 3 is 2.48 bits per heavy atom. The van der Waals surface area contributed by atoms with E-state index in [4.69, 9.17) is 15.2 Å². The van der Waals surface area contributed by atoms with E-state index in [0.717, 1.165) is 12.0 Å². The molecule has 0 saturated carbocycles. The lowest BCUT2D eigenvalue weighted by Crippen LogP contribution is -2.19. The van der Waals surface area contributed by atoms with Gasteiger partial charge < -0.3 is 19.9 Å². The van der Waals surface area contributed by atoms with E-state index >= 15 is 0 Å². The summed E-state index contributed by atoms with van der Waals surface area (Å²) in [6, 6.07) is 5.24. The van der Waals surface area contributed by atoms with Gasteiger partial charge in [-0.1, -0.05) is 13.0 Å². The second-order valence-corrected chi connectivity index (χ2v) is 4.34. The van der Waals surface area contributed by atoms with Crippen LogP contribution in [0.5, 0.6) is 11.5 Å². The zero-order chi connectivity index (χ0) is 15.7. The number of hydrogen-bond donors (Lipinski definition) is 1. The lowest BCUT2D eigenvalue weighted by molar-refractivity contribution is -0.175. The Kier molecular flexibility index (Phi) is 7.31. The second kappa shape index (κ2) is 8.74. The van der Waals surface area contributed by atoms with Gasteiger partial charge in [0.2, 0.25) is 0 Å². The van der Waals surface area contributed by atoms with E-state index in [1.54, 1.807) is 18.2 Å². The molecule has 0 aromatic heterocycles. The molecule has 0 radical (unpaired) electrons. The third-order valence-corrected chi connectivity index (χ3v) is 2.48. The maximum atomic E-state index is 11.9. The van der Waals surface area contributed by atoms with Gasteiger partial charge in [0.15, 0.2) is 0 Å². The summed E-state index contributed by atoms with van der Waals surface area (Å²) in [5, 5.41) is 0. The quantitative estimate of drug-likeness (QED) is 0.713. The van der Waals surface area contributed by atoms with Gasteiger partial charge in [-0.05, 0) is 12.5 Å². The molecule has 0 amide bonds. The van der Waals surface area contributed by atoms with Gasteiger partial charge in [-0.2, -0.15) is 13.2 Å². The van der Waals surface area contributed by atoms with E-state index in [1.165, 1.54) is 0 Å². The first kappa shape index (κ1) is 17.6. The molecule has 7 heteroatoms. The largest absolute Gasteiger partial charge is 0.493 e. The van der Waals surface area contributed by atoms with Crippen LogP contribution in [0, 0.1) is 0 Å². The van der Waals surface area contributed by atoms with Crippen LogP contribution in [-0.4, -0.2) is 32.6 Å². The van der Waals surface area contributed by atoms with Crippen LogP contribution < -0.4 is 15.2 Å². The predicted molar refractivity (Wildman–Crippen MR) is 72.5 cm³/mol. The van der Waals surface area contributed by atoms with Crippen LogP contribution in [0.2, 0.25) is 0 Å². The zero-order valence-electron chi connectivity index (χ0n) is 11.9. The average Bonchev–Trinajstić information content (AvgIpc) is 2.43. The molecule has 120 valence electrons. The highest BCUT2D eigenvalue weighted by molar-refractivity contribution is 5.40. The fourth-order valence-corrected chi connectivity index (χ4v) is 1.55. The number of rotatable bonds is 9. The molecule has 0 bridgehead atoms. The van der Waals surface area contributed by atoms with Crippen molar-refractivity contribution < 1.29 is 27.4 Å². The number of halogens is 3. The van der Waals surface area contributed by atoms with Crippen LogP contribution in [-0.2, 0) is 11.3 Å². The van der Waals surface area contributed by atoms with Crippen molar-refractivity contribution in [3.8, 4) is 11.5 Å². The number of ether oxygens (including phenoxy) is 3. The molecular weight excluding hydrogens is 287 g/mol. The van der Waals surface area contributed by atoms with Gasteiger partial charge in [0.25, 0.3) is 0 Å². The van der Waals surface area contributed by atoms with E-state index < -0.39 is 12.8 Å². The van der Waals surface area contributed by atoms with Crippen molar-refractivity contribution in [2.75, 3.05) is 26.4 Å². The second-order valence-electron chi connectivity index (χ2n) is 4.34. The van der Waals surface area contributed by atoms with Crippen molar-refractivity contribution in [2.24, 2.45) is 5.73 Å². The first-order chi connectivity index (χ1) is 9.96. The minimum atomic E-state index is -4.32. The molecule has 0 aliphatic rings. The van der Waals surface area contributed by atoms with Gasteiger partial charge in [0, 0.05) is 18.2 Å². The molecule has 1 aromatic carbocycles. The lowest BCUT2D eigenvalue weighted by Gasteiger charge is -2.13. The predicted octanol–water partition coefficient (Wildman–Crippen LogP) is 2.89. The molecule has 0 aliphatic heterocycles. The highest BCUT2D eigenvalue weighted by Gasteiger charge is 2.27. The zero-order valence-corrected chi connectivity index (χ0v) is 11.9. The Bertz CT molecular complexity index is 424. The van der Waals surface area contributed by atoms with E-state index in [-0.39, 0.29) is 19.8 Å². The van der Waals surface area contributed by atoms with E-state index in [9.17, 15) is 13.2 Å². The molecule has 0 unspecified atom stereocenters. The van der Waals surface area contributed by atoms with E-state index in [2.05, 4.69) is 4.74 Å². The minimum Gasteiger partial charge on any atom is -0.493 e. The van der Waals surface area contributed by atoms with Crippen LogP contribution in [0.25, 0.3) is 0 Å². The monoisotopic (exact) mass is 307 g/mol. The van der Waals surface area contributed by atoms with Gasteiger partial charge in [-0.15, -0.1) is 0 Å². The van der Waals surface area contributed by atoms with Crippen LogP contribution >= 0.6 is 0 Å². The van der Waals surface area contributed by atoms with Gasteiger partial charge in [0.05, 0.1) is 13.2 Å². The summed E-state index contributed by atoms with van der Waals surface area (Å²) in [5.74, 6) is 1.14. The Labute approximate surface area is 122 Å². The number of benzene rings is 1. The minimum absolute atomic E-state index is 0.0142. The summed E-state index contributed by atoms with van der Waals surface area (Å²) in [5.41, 5.74) is 6.35. The Morgan fingerprint density at radius 1 is 1.10 bits per heavy atom. The van der Waals surface area contributed by atoms with Crippen molar-refractivity contribution >= 4 is 0 Å². The molecule has 0 fully saturated rings. The molecule has 0 saturated heterocycles. The van der Waals surface area contributed by atoms with Crippen molar-refractivity contribution in [1.29, 1.82) is 0 Å². The fraction of sp³-hybridized carbons (Fsp3) is 0.571. The summed E-state index contributed by atoms with van der Waals surface area (Å²) in [4.78, 5) is 0. The molecule has 0 aliphatic carbocycles. The summed E-state index contributed by atoms with van der Waals surface area (Å²) in [6.45, 7) is 1.43. The molecule has 1 aromatic rings. The normalized spacial score (nSPS) is 11.5. The molecule has 4 nitrogen and oxygen atoms in total. The van der Waals surface area contributed by atoms with Crippen LogP contribution in [0.3, 0.4) is 0 Å². The topological polar surface area (TPSA) is 53.7 Å². The van der Waals surface area contributed by atoms with Crippen LogP contribution in [0.15, 0.2) is 18.2 Å². The lowest BCUT2D eigenvalue weighted by atomic mass is 10.2. The van der Waals surface area contributed by atoms with Crippen molar-refractivity contribution in [2.45, 2.75) is 26.1 Å². The first-order valence-electron chi connectivity index (χ1n) is 6.69. The Morgan fingerprint density at radius 2 is 1.86 bits per heavy atom.